The molecule has 8 rings (SSSR count). The molecule has 1 unspecified atom stereocenters. The summed E-state index contributed by atoms with van der Waals surface area (Å²) in [5.74, 6) is 3.03. The van der Waals surface area contributed by atoms with Crippen LogP contribution in [0.2, 0.25) is 0 Å². The number of hydrogen-bond acceptors (Lipinski definition) is 7. The quantitative estimate of drug-likeness (QED) is 0.225. The zero-order valence-corrected chi connectivity index (χ0v) is 33.4. The highest BCUT2D eigenvalue weighted by atomic mass is 16.7. The van der Waals surface area contributed by atoms with E-state index in [1.807, 2.05) is 84.7 Å². The minimum Gasteiger partial charge on any atom is -0.496 e. The van der Waals surface area contributed by atoms with Crippen molar-refractivity contribution in [2.45, 2.75) is 84.1 Å². The normalized spacial score (nSPS) is 30.0. The van der Waals surface area contributed by atoms with Gasteiger partial charge in [-0.15, -0.1) is 0 Å². The number of rotatable bonds is 12. The van der Waals surface area contributed by atoms with Gasteiger partial charge in [-0.3, -0.25) is 19.2 Å². The van der Waals surface area contributed by atoms with Crippen molar-refractivity contribution < 1.29 is 24.0 Å². The molecule has 10 nitrogen and oxygen atoms in total. The van der Waals surface area contributed by atoms with Gasteiger partial charge in [0.05, 0.1) is 20.3 Å². The summed E-state index contributed by atoms with van der Waals surface area (Å²) in [6.45, 7) is 11.1. The molecule has 3 aromatic carbocycles. The van der Waals surface area contributed by atoms with Crippen molar-refractivity contribution in [1.82, 2.24) is 20.6 Å². The first-order chi connectivity index (χ1) is 26.4. The van der Waals surface area contributed by atoms with E-state index in [1.54, 1.807) is 12.0 Å². The third-order valence-electron chi connectivity index (χ3n) is 14.2. The van der Waals surface area contributed by atoms with Gasteiger partial charge in [0.1, 0.15) is 17.8 Å². The molecule has 0 aromatic heterocycles. The molecule has 3 saturated carbocycles. The summed E-state index contributed by atoms with van der Waals surface area (Å²) in [4.78, 5) is 51.9. The molecule has 292 valence electrons. The number of anilines is 1. The molecular weight excluding hydrogens is 691 g/mol. The van der Waals surface area contributed by atoms with Gasteiger partial charge < -0.3 is 25.2 Å². The van der Waals surface area contributed by atoms with E-state index >= 15 is 0 Å². The maximum absolute atomic E-state index is 14.3. The Kier molecular flexibility index (Phi) is 9.73. The number of carbonyl (C=O) groups excluding carboxylic acids is 3. The number of hydrogen-bond donors (Lipinski definition) is 2. The van der Waals surface area contributed by atoms with Crippen LogP contribution in [0.15, 0.2) is 66.7 Å². The van der Waals surface area contributed by atoms with Crippen molar-refractivity contribution in [3.05, 3.63) is 83.4 Å². The van der Waals surface area contributed by atoms with E-state index in [0.29, 0.717) is 73.1 Å². The number of likely N-dealkylation sites (tertiary alicyclic amines) is 1. The van der Waals surface area contributed by atoms with E-state index in [0.717, 1.165) is 47.2 Å². The maximum atomic E-state index is 14.3. The molecule has 0 bridgehead atoms. The Balaban J connectivity index is 1.03. The first-order valence-corrected chi connectivity index (χ1v) is 20.2. The van der Waals surface area contributed by atoms with Gasteiger partial charge in [0.25, 0.3) is 5.91 Å². The number of ether oxygens (including phenoxy) is 1. The monoisotopic (exact) mass is 747 g/mol. The third kappa shape index (κ3) is 6.11. The fourth-order valence-corrected chi connectivity index (χ4v) is 11.2. The van der Waals surface area contributed by atoms with E-state index in [1.165, 1.54) is 0 Å². The minimum atomic E-state index is -0.530. The summed E-state index contributed by atoms with van der Waals surface area (Å²) in [5, 5.41) is 8.50. The minimum absolute atomic E-state index is 0.0697. The summed E-state index contributed by atoms with van der Waals surface area (Å²) in [5.41, 5.74) is 5.27. The molecule has 0 spiro atoms. The van der Waals surface area contributed by atoms with E-state index in [9.17, 15) is 14.4 Å². The molecule has 2 saturated heterocycles. The van der Waals surface area contributed by atoms with Gasteiger partial charge >= 0.3 is 0 Å². The Morgan fingerprint density at radius 1 is 1.00 bits per heavy atom. The van der Waals surface area contributed by atoms with Crippen LogP contribution in [0.3, 0.4) is 0 Å². The number of methoxy groups -OCH3 is 1. The zero-order chi connectivity index (χ0) is 38.8. The molecule has 3 amide bonds. The highest BCUT2D eigenvalue weighted by Gasteiger charge is 2.83. The van der Waals surface area contributed by atoms with Crippen LogP contribution in [-0.2, 0) is 27.5 Å². The van der Waals surface area contributed by atoms with Gasteiger partial charge in [-0.05, 0) is 84.1 Å². The molecule has 3 aromatic rings. The molecule has 3 aliphatic carbocycles. The first kappa shape index (κ1) is 37.5. The van der Waals surface area contributed by atoms with Crippen molar-refractivity contribution in [3.8, 4) is 16.9 Å². The number of benzene rings is 3. The van der Waals surface area contributed by atoms with Crippen LogP contribution >= 0.6 is 0 Å². The molecular formula is C45H57N5O5. The van der Waals surface area contributed by atoms with E-state index < -0.39 is 12.1 Å². The molecule has 2 heterocycles. The fraction of sp³-hybridized carbons (Fsp3) is 0.533. The van der Waals surface area contributed by atoms with Crippen molar-refractivity contribution in [2.75, 3.05) is 39.3 Å². The number of amides is 3. The van der Waals surface area contributed by atoms with Gasteiger partial charge in [0.15, 0.2) is 0 Å². The Bertz CT molecular complexity index is 1960. The largest absolute Gasteiger partial charge is 0.496 e. The Hall–Kier alpha value is -4.41. The molecule has 5 aliphatic rings. The number of hydroxylamine groups is 2. The van der Waals surface area contributed by atoms with Crippen LogP contribution in [0, 0.1) is 35.0 Å². The predicted molar refractivity (Wildman–Crippen MR) is 213 cm³/mol. The standard InChI is InChI=1S/C45H57N5O5/c1-8-29-26-55-50(39(29)42(52)47-45-23-35-38(45)37(27(45)2)44(35,3)4)25-30-16-12-17-34(40(30)54-7)31-20-32(22-33(21-31)48(5)6)43(53)49-19-13-18-36(49)41(51)46-24-28-14-10-9-11-15-28/h9-12,14-17,20-22,27,29,35-39H,8,13,18-19,23-26H2,1-7H3,(H,46,51)(H,47,52)/t27-,29-,35-,36-,37+,38?,39-,45+/m0/s1. The second-order valence-electron chi connectivity index (χ2n) is 17.5. The molecule has 8 atom stereocenters. The average molecular weight is 748 g/mol. The summed E-state index contributed by atoms with van der Waals surface area (Å²) in [6, 6.07) is 20.8. The SMILES string of the molecule is CC[C@H]1CON(Cc2cccc(-c3cc(C(=O)N4CCC[C@H]4C(=O)NCc4ccccc4)cc(N(C)C)c3)c2OC)[C@@H]1C(=O)N[C@@]12C[C@H]3C1[C@@H]([C@@H]2C)C3(C)C. The smallest absolute Gasteiger partial charge is 0.254 e. The zero-order valence-electron chi connectivity index (χ0n) is 33.4. The topological polar surface area (TPSA) is 103 Å². The second kappa shape index (κ2) is 14.3. The lowest BCUT2D eigenvalue weighted by Gasteiger charge is -2.86. The maximum Gasteiger partial charge on any atom is 0.254 e. The fourth-order valence-electron chi connectivity index (χ4n) is 11.2. The van der Waals surface area contributed by atoms with Gasteiger partial charge in [0, 0.05) is 61.0 Å². The summed E-state index contributed by atoms with van der Waals surface area (Å²) in [7, 11) is 5.57. The molecule has 0 radical (unpaired) electrons. The molecule has 5 fully saturated rings. The highest BCUT2D eigenvalue weighted by molar-refractivity contribution is 6.00. The lowest BCUT2D eigenvalue weighted by molar-refractivity contribution is -0.349. The highest BCUT2D eigenvalue weighted by Crippen LogP contribution is 2.81. The summed E-state index contributed by atoms with van der Waals surface area (Å²) >= 11 is 0. The Morgan fingerprint density at radius 2 is 1.78 bits per heavy atom. The van der Waals surface area contributed by atoms with Crippen LogP contribution in [0.1, 0.15) is 74.9 Å². The second-order valence-corrected chi connectivity index (χ2v) is 17.5. The Labute approximate surface area is 325 Å². The van der Waals surface area contributed by atoms with E-state index in [-0.39, 0.29) is 29.2 Å². The lowest BCUT2D eigenvalue weighted by atomic mass is 9.21. The van der Waals surface area contributed by atoms with Crippen LogP contribution < -0.4 is 20.3 Å². The van der Waals surface area contributed by atoms with Gasteiger partial charge in [-0.2, -0.15) is 5.06 Å². The van der Waals surface area contributed by atoms with Crippen molar-refractivity contribution in [1.29, 1.82) is 0 Å². The van der Waals surface area contributed by atoms with Crippen LogP contribution in [0.4, 0.5) is 5.69 Å². The van der Waals surface area contributed by atoms with Crippen LogP contribution in [-0.4, -0.2) is 79.7 Å². The van der Waals surface area contributed by atoms with Crippen molar-refractivity contribution in [2.24, 2.45) is 35.0 Å². The van der Waals surface area contributed by atoms with Crippen molar-refractivity contribution in [3.63, 3.8) is 0 Å². The molecule has 55 heavy (non-hydrogen) atoms. The van der Waals surface area contributed by atoms with Crippen molar-refractivity contribution >= 4 is 23.4 Å². The number of para-hydroxylation sites is 1. The predicted octanol–water partition coefficient (Wildman–Crippen LogP) is 6.29. The summed E-state index contributed by atoms with van der Waals surface area (Å²) in [6.07, 6.45) is 3.31. The number of nitrogens with zero attached hydrogens (tertiary/aromatic N) is 3. The molecule has 10 heteroatoms. The number of nitrogens with one attached hydrogen (secondary N) is 2. The van der Waals surface area contributed by atoms with Gasteiger partial charge in [0.2, 0.25) is 11.8 Å². The summed E-state index contributed by atoms with van der Waals surface area (Å²) < 4.78 is 6.14. The molecule has 2 aliphatic heterocycles. The Morgan fingerprint density at radius 3 is 2.47 bits per heavy atom. The number of carbonyl (C=O) groups is 3. The molecule has 2 N–H and O–H groups in total. The lowest BCUT2D eigenvalue weighted by Crippen LogP contribution is -2.90. The van der Waals surface area contributed by atoms with Gasteiger partial charge in [-0.1, -0.05) is 76.2 Å². The van der Waals surface area contributed by atoms with E-state index in [4.69, 9.17) is 9.57 Å². The van der Waals surface area contributed by atoms with Crippen LogP contribution in [0.25, 0.3) is 11.1 Å². The van der Waals surface area contributed by atoms with E-state index in [2.05, 4.69) is 44.4 Å². The first-order valence-electron chi connectivity index (χ1n) is 20.2. The van der Waals surface area contributed by atoms with Crippen LogP contribution in [0.5, 0.6) is 5.75 Å². The average Bonchev–Trinajstić information content (AvgIpc) is 3.84. The third-order valence-corrected chi connectivity index (χ3v) is 14.2. The van der Waals surface area contributed by atoms with Gasteiger partial charge in [-0.25, -0.2) is 0 Å².